The Morgan fingerprint density at radius 3 is 2.52 bits per heavy atom. The molecule has 0 aliphatic rings. The van der Waals surface area contributed by atoms with Crippen molar-refractivity contribution in [1.82, 2.24) is 10.3 Å². The topological polar surface area (TPSA) is 110 Å². The highest BCUT2D eigenvalue weighted by Crippen LogP contribution is 2.26. The Kier molecular flexibility index (Phi) is 7.30. The molecule has 3 aromatic rings. The van der Waals surface area contributed by atoms with E-state index in [2.05, 4.69) is 15.6 Å². The lowest BCUT2D eigenvalue weighted by Gasteiger charge is -2.15. The molecule has 2 aromatic carbocycles. The van der Waals surface area contributed by atoms with Crippen LogP contribution in [0.2, 0.25) is 0 Å². The molecule has 7 nitrogen and oxygen atoms in total. The summed E-state index contributed by atoms with van der Waals surface area (Å²) in [6.07, 6.45) is 0. The third-order valence-electron chi connectivity index (χ3n) is 4.21. The van der Waals surface area contributed by atoms with Gasteiger partial charge in [-0.25, -0.2) is 9.37 Å². The molecule has 0 radical (unpaired) electrons. The van der Waals surface area contributed by atoms with Gasteiger partial charge in [-0.3, -0.25) is 9.59 Å². The van der Waals surface area contributed by atoms with Gasteiger partial charge < -0.3 is 20.8 Å². The molecule has 3 rings (SSSR count). The number of halogens is 2. The average Bonchev–Trinajstić information content (AvgIpc) is 3.09. The highest BCUT2D eigenvalue weighted by molar-refractivity contribution is 5.96. The fraction of sp³-hybridized carbons (Fsp3) is 0.250. The van der Waals surface area contributed by atoms with E-state index in [9.17, 15) is 14.0 Å². The van der Waals surface area contributed by atoms with E-state index in [1.807, 2.05) is 13.8 Å². The molecule has 0 unspecified atom stereocenters. The highest BCUT2D eigenvalue weighted by Gasteiger charge is 2.17. The molecule has 0 saturated carbocycles. The number of rotatable bonds is 6. The number of amides is 2. The van der Waals surface area contributed by atoms with Crippen molar-refractivity contribution < 1.29 is 18.4 Å². The molecule has 154 valence electrons. The Morgan fingerprint density at radius 2 is 1.86 bits per heavy atom. The molecular formula is C20H22ClFN4O3. The molecule has 0 aliphatic heterocycles. The molecule has 0 aliphatic carbocycles. The number of nitrogens with two attached hydrogens (primary N) is 1. The molecule has 0 fully saturated rings. The average molecular weight is 421 g/mol. The van der Waals surface area contributed by atoms with Crippen molar-refractivity contribution in [1.29, 1.82) is 0 Å². The number of benzene rings is 2. The van der Waals surface area contributed by atoms with Gasteiger partial charge in [-0.2, -0.15) is 0 Å². The van der Waals surface area contributed by atoms with Gasteiger partial charge in [-0.15, -0.1) is 12.4 Å². The van der Waals surface area contributed by atoms with Crippen molar-refractivity contribution in [2.75, 3.05) is 11.9 Å². The second-order valence-electron chi connectivity index (χ2n) is 6.74. The summed E-state index contributed by atoms with van der Waals surface area (Å²) >= 11 is 0. The minimum absolute atomic E-state index is 0. The summed E-state index contributed by atoms with van der Waals surface area (Å²) in [5, 5.41) is 5.19. The van der Waals surface area contributed by atoms with Gasteiger partial charge >= 0.3 is 0 Å². The first-order chi connectivity index (χ1) is 13.3. The molecule has 9 heteroatoms. The first-order valence-electron chi connectivity index (χ1n) is 8.83. The van der Waals surface area contributed by atoms with Crippen molar-refractivity contribution in [3.8, 4) is 11.5 Å². The zero-order valence-electron chi connectivity index (χ0n) is 15.9. The van der Waals surface area contributed by atoms with E-state index in [1.165, 1.54) is 12.1 Å². The number of hydrogen-bond acceptors (Lipinski definition) is 5. The second-order valence-corrected chi connectivity index (χ2v) is 6.74. The van der Waals surface area contributed by atoms with Crippen molar-refractivity contribution in [3.05, 3.63) is 48.3 Å². The lowest BCUT2D eigenvalue weighted by Crippen LogP contribution is -2.46. The van der Waals surface area contributed by atoms with Crippen LogP contribution in [0, 0.1) is 11.7 Å². The maximum absolute atomic E-state index is 13.1. The molecule has 29 heavy (non-hydrogen) atoms. The first kappa shape index (κ1) is 22.3. The Bertz CT molecular complexity index is 1000. The summed E-state index contributed by atoms with van der Waals surface area (Å²) in [6.45, 7) is 3.47. The number of carbonyl (C=O) groups excluding carboxylic acids is 2. The van der Waals surface area contributed by atoms with Crippen LogP contribution in [0.5, 0.6) is 0 Å². The number of hydrogen-bond donors (Lipinski definition) is 3. The highest BCUT2D eigenvalue weighted by atomic mass is 35.5. The number of carbonyl (C=O) groups is 2. The number of nitrogens with zero attached hydrogens (tertiary/aromatic N) is 1. The minimum atomic E-state index is -0.664. The van der Waals surface area contributed by atoms with Crippen LogP contribution in [0.25, 0.3) is 22.6 Å². The molecule has 1 aromatic heterocycles. The monoisotopic (exact) mass is 420 g/mol. The van der Waals surface area contributed by atoms with E-state index >= 15 is 0 Å². The Morgan fingerprint density at radius 1 is 1.17 bits per heavy atom. The van der Waals surface area contributed by atoms with Crippen molar-refractivity contribution in [2.24, 2.45) is 11.7 Å². The first-order valence-corrected chi connectivity index (χ1v) is 8.83. The van der Waals surface area contributed by atoms with Gasteiger partial charge in [0.2, 0.25) is 17.7 Å². The number of anilines is 1. The Hall–Kier alpha value is -2.97. The van der Waals surface area contributed by atoms with Gasteiger partial charge in [0.1, 0.15) is 11.3 Å². The van der Waals surface area contributed by atoms with Crippen LogP contribution < -0.4 is 16.4 Å². The molecule has 4 N–H and O–H groups in total. The van der Waals surface area contributed by atoms with Gasteiger partial charge in [0.15, 0.2) is 5.58 Å². The summed E-state index contributed by atoms with van der Waals surface area (Å²) < 4.78 is 18.8. The zero-order chi connectivity index (χ0) is 20.3. The quantitative estimate of drug-likeness (QED) is 0.567. The molecule has 0 bridgehead atoms. The summed E-state index contributed by atoms with van der Waals surface area (Å²) in [5.41, 5.74) is 7.96. The maximum Gasteiger partial charge on any atom is 0.243 e. The molecule has 1 atom stereocenters. The SMILES string of the molecule is CC(C)[C@H](N)C(=O)NCC(=O)Nc1ccc2nc(-c3ccc(F)cc3)oc2c1.Cl. The molecule has 2 amide bonds. The van der Waals surface area contributed by atoms with Crippen LogP contribution >= 0.6 is 12.4 Å². The van der Waals surface area contributed by atoms with Crippen LogP contribution in [-0.4, -0.2) is 29.4 Å². The predicted octanol–water partition coefficient (Wildman–Crippen LogP) is 3.09. The van der Waals surface area contributed by atoms with Gasteiger partial charge in [-0.1, -0.05) is 13.8 Å². The van der Waals surface area contributed by atoms with Gasteiger partial charge in [0.05, 0.1) is 12.6 Å². The number of nitrogens with one attached hydrogen (secondary N) is 2. The number of oxazole rings is 1. The summed E-state index contributed by atoms with van der Waals surface area (Å²) in [4.78, 5) is 28.2. The van der Waals surface area contributed by atoms with E-state index in [0.29, 0.717) is 28.2 Å². The van der Waals surface area contributed by atoms with E-state index in [4.69, 9.17) is 10.2 Å². The standard InChI is InChI=1S/C20H21FN4O3.ClH/c1-11(2)18(22)19(27)23-10-17(26)24-14-7-8-15-16(9-14)28-20(25-15)12-3-5-13(21)6-4-12;/h3-9,11,18H,10,22H2,1-2H3,(H,23,27)(H,24,26);1H/t18-;/m0./s1. The lowest BCUT2D eigenvalue weighted by molar-refractivity contribution is -0.125. The molecular weight excluding hydrogens is 399 g/mol. The van der Waals surface area contributed by atoms with Crippen LogP contribution in [0.4, 0.5) is 10.1 Å². The van der Waals surface area contributed by atoms with Crippen LogP contribution in [0.1, 0.15) is 13.8 Å². The molecule has 0 saturated heterocycles. The minimum Gasteiger partial charge on any atom is -0.436 e. The summed E-state index contributed by atoms with van der Waals surface area (Å²) in [7, 11) is 0. The predicted molar refractivity (Wildman–Crippen MR) is 111 cm³/mol. The van der Waals surface area contributed by atoms with E-state index in [-0.39, 0.29) is 42.5 Å². The normalized spacial score (nSPS) is 11.8. The molecule has 1 heterocycles. The van der Waals surface area contributed by atoms with Crippen molar-refractivity contribution >= 4 is 41.0 Å². The third-order valence-corrected chi connectivity index (χ3v) is 4.21. The second kappa shape index (κ2) is 9.49. The fourth-order valence-electron chi connectivity index (χ4n) is 2.51. The van der Waals surface area contributed by atoms with Crippen molar-refractivity contribution in [2.45, 2.75) is 19.9 Å². The van der Waals surface area contributed by atoms with Crippen molar-refractivity contribution in [3.63, 3.8) is 0 Å². The van der Waals surface area contributed by atoms with Crippen LogP contribution in [0.15, 0.2) is 46.9 Å². The summed E-state index contributed by atoms with van der Waals surface area (Å²) in [5.74, 6) is -0.770. The summed E-state index contributed by atoms with van der Waals surface area (Å²) in [6, 6.07) is 10.2. The van der Waals surface area contributed by atoms with Crippen LogP contribution in [-0.2, 0) is 9.59 Å². The molecule has 0 spiro atoms. The Labute approximate surface area is 173 Å². The fourth-order valence-corrected chi connectivity index (χ4v) is 2.51. The number of fused-ring (bicyclic) bond motifs is 1. The Balaban J connectivity index is 0.00000300. The lowest BCUT2D eigenvalue weighted by atomic mass is 10.1. The van der Waals surface area contributed by atoms with Gasteiger partial charge in [0, 0.05) is 17.3 Å². The van der Waals surface area contributed by atoms with E-state index in [0.717, 1.165) is 0 Å². The van der Waals surface area contributed by atoms with E-state index < -0.39 is 6.04 Å². The van der Waals surface area contributed by atoms with Gasteiger partial charge in [-0.05, 0) is 42.3 Å². The smallest absolute Gasteiger partial charge is 0.243 e. The maximum atomic E-state index is 13.1. The largest absolute Gasteiger partial charge is 0.436 e. The van der Waals surface area contributed by atoms with E-state index in [1.54, 1.807) is 30.3 Å². The third kappa shape index (κ3) is 5.52. The van der Waals surface area contributed by atoms with Gasteiger partial charge in [0.25, 0.3) is 0 Å². The zero-order valence-corrected chi connectivity index (χ0v) is 16.8. The number of aromatic nitrogens is 1. The van der Waals surface area contributed by atoms with Crippen LogP contribution in [0.3, 0.4) is 0 Å².